The van der Waals surface area contributed by atoms with Crippen LogP contribution in [-0.2, 0) is 13.1 Å². The van der Waals surface area contributed by atoms with Gasteiger partial charge < -0.3 is 21.6 Å². The number of nitrogen functional groups attached to an aromatic ring is 1. The number of benzene rings is 2. The van der Waals surface area contributed by atoms with Crippen molar-refractivity contribution in [3.8, 4) is 11.5 Å². The van der Waals surface area contributed by atoms with Gasteiger partial charge in [0.1, 0.15) is 11.6 Å². The molecule has 0 atom stereocenters. The summed E-state index contributed by atoms with van der Waals surface area (Å²) in [6.45, 7) is 0.479. The summed E-state index contributed by atoms with van der Waals surface area (Å²) in [6.07, 6.45) is 1.58. The lowest BCUT2D eigenvalue weighted by Crippen LogP contribution is -2.14. The number of nitrogens with one attached hydrogen (secondary N) is 1. The van der Waals surface area contributed by atoms with Crippen LogP contribution in [0.1, 0.15) is 11.1 Å². The van der Waals surface area contributed by atoms with E-state index in [4.69, 9.17) is 44.8 Å². The highest BCUT2D eigenvalue weighted by molar-refractivity contribution is 6.33. The molecule has 0 unspecified atom stereocenters. The van der Waals surface area contributed by atoms with E-state index in [9.17, 15) is 0 Å². The molecule has 0 bridgehead atoms. The topological polar surface area (TPSA) is 129 Å². The molecule has 8 nitrogen and oxygen atoms in total. The summed E-state index contributed by atoms with van der Waals surface area (Å²) in [4.78, 5) is 4.02. The van der Waals surface area contributed by atoms with E-state index in [-0.39, 0.29) is 18.1 Å². The molecule has 5 N–H and O–H groups in total. The molecular formula is C20H17Cl2N7O. The van der Waals surface area contributed by atoms with E-state index >= 15 is 0 Å². The number of pyridine rings is 1. The van der Waals surface area contributed by atoms with Crippen LogP contribution < -0.4 is 16.2 Å². The zero-order chi connectivity index (χ0) is 21.3. The van der Waals surface area contributed by atoms with Crippen molar-refractivity contribution in [3.05, 3.63) is 69.8 Å². The summed E-state index contributed by atoms with van der Waals surface area (Å²) in [5.74, 6) is 1.12. The van der Waals surface area contributed by atoms with E-state index in [1.165, 1.54) is 0 Å². The SMILES string of the molecule is N=C(Cn1nnc2c(Oc3cc(Cl)cc(CN)c3)c(Cl)ccc21)c1cccnc1N. The molecule has 30 heavy (non-hydrogen) atoms. The summed E-state index contributed by atoms with van der Waals surface area (Å²) in [6, 6.07) is 12.1. The van der Waals surface area contributed by atoms with Gasteiger partial charge in [0.25, 0.3) is 0 Å². The van der Waals surface area contributed by atoms with Crippen LogP contribution >= 0.6 is 23.2 Å². The Hall–Kier alpha value is -3.20. The maximum absolute atomic E-state index is 8.37. The van der Waals surface area contributed by atoms with Crippen LogP contribution in [0.25, 0.3) is 11.0 Å². The molecular weight excluding hydrogens is 425 g/mol. The van der Waals surface area contributed by atoms with Crippen LogP contribution in [0.15, 0.2) is 48.7 Å². The van der Waals surface area contributed by atoms with Crippen LogP contribution in [0, 0.1) is 5.41 Å². The van der Waals surface area contributed by atoms with Gasteiger partial charge in [-0.2, -0.15) is 0 Å². The second-order valence-corrected chi connectivity index (χ2v) is 7.35. The van der Waals surface area contributed by atoms with Crippen molar-refractivity contribution in [1.82, 2.24) is 20.0 Å². The molecule has 152 valence electrons. The van der Waals surface area contributed by atoms with Gasteiger partial charge in [-0.05, 0) is 48.0 Å². The van der Waals surface area contributed by atoms with Gasteiger partial charge in [-0.15, -0.1) is 5.10 Å². The molecule has 0 spiro atoms. The minimum Gasteiger partial charge on any atom is -0.453 e. The molecule has 2 heterocycles. The predicted octanol–water partition coefficient (Wildman–Crippen LogP) is 4.03. The fourth-order valence-electron chi connectivity index (χ4n) is 3.02. The van der Waals surface area contributed by atoms with E-state index in [0.717, 1.165) is 5.56 Å². The summed E-state index contributed by atoms with van der Waals surface area (Å²) < 4.78 is 7.58. The van der Waals surface area contributed by atoms with E-state index in [2.05, 4.69) is 15.3 Å². The van der Waals surface area contributed by atoms with E-state index < -0.39 is 0 Å². The first-order chi connectivity index (χ1) is 14.5. The van der Waals surface area contributed by atoms with Crippen molar-refractivity contribution in [3.63, 3.8) is 0 Å². The minimum absolute atomic E-state index is 0.155. The molecule has 10 heteroatoms. The lowest BCUT2D eigenvalue weighted by molar-refractivity contribution is 0.486. The lowest BCUT2D eigenvalue weighted by atomic mass is 10.1. The quantitative estimate of drug-likeness (QED) is 0.387. The number of rotatable bonds is 6. The Morgan fingerprint density at radius 3 is 2.77 bits per heavy atom. The first-order valence-electron chi connectivity index (χ1n) is 8.93. The Bertz CT molecular complexity index is 1260. The maximum atomic E-state index is 8.37. The first-order valence-corrected chi connectivity index (χ1v) is 9.69. The number of anilines is 1. The second-order valence-electron chi connectivity index (χ2n) is 6.51. The van der Waals surface area contributed by atoms with Gasteiger partial charge in [0.15, 0.2) is 11.3 Å². The Balaban J connectivity index is 1.69. The maximum Gasteiger partial charge on any atom is 0.175 e. The van der Waals surface area contributed by atoms with E-state index in [1.54, 1.807) is 53.3 Å². The normalized spacial score (nSPS) is 11.0. The Morgan fingerprint density at radius 1 is 1.17 bits per heavy atom. The molecule has 0 amide bonds. The van der Waals surface area contributed by atoms with Crippen molar-refractivity contribution >= 4 is 45.8 Å². The van der Waals surface area contributed by atoms with Crippen molar-refractivity contribution in [2.75, 3.05) is 5.73 Å². The Morgan fingerprint density at radius 2 is 2.00 bits per heavy atom. The van der Waals surface area contributed by atoms with Gasteiger partial charge >= 0.3 is 0 Å². The number of aromatic nitrogens is 4. The van der Waals surface area contributed by atoms with Crippen LogP contribution in [0.4, 0.5) is 5.82 Å². The zero-order valence-corrected chi connectivity index (χ0v) is 17.2. The first kappa shape index (κ1) is 20.1. The van der Waals surface area contributed by atoms with Crippen molar-refractivity contribution < 1.29 is 4.74 Å². The van der Waals surface area contributed by atoms with Gasteiger partial charge in [-0.1, -0.05) is 28.4 Å². The fourth-order valence-corrected chi connectivity index (χ4v) is 3.46. The van der Waals surface area contributed by atoms with Crippen molar-refractivity contribution in [1.29, 1.82) is 5.41 Å². The van der Waals surface area contributed by atoms with Crippen LogP contribution in [-0.4, -0.2) is 25.7 Å². The van der Waals surface area contributed by atoms with Gasteiger partial charge in [0.2, 0.25) is 0 Å². The van der Waals surface area contributed by atoms with E-state index in [0.29, 0.717) is 44.7 Å². The molecule has 0 radical (unpaired) electrons. The molecule has 0 saturated heterocycles. The third-order valence-electron chi connectivity index (χ3n) is 4.45. The Kier molecular flexibility index (Phi) is 5.54. The lowest BCUT2D eigenvalue weighted by Gasteiger charge is -2.11. The molecule has 0 aliphatic heterocycles. The highest BCUT2D eigenvalue weighted by atomic mass is 35.5. The van der Waals surface area contributed by atoms with Crippen LogP contribution in [0.3, 0.4) is 0 Å². The number of hydrogen-bond acceptors (Lipinski definition) is 7. The zero-order valence-electron chi connectivity index (χ0n) is 15.6. The standard InChI is InChI=1S/C20H17Cl2N7O/c21-12-6-11(9-23)7-13(8-12)30-19-15(22)3-4-17-18(19)27-28-29(17)10-16(24)14-2-1-5-26-20(14)25/h1-8,24H,9-10,23H2,(H2,25,26). The molecule has 0 saturated carbocycles. The minimum atomic E-state index is 0.155. The van der Waals surface area contributed by atoms with Crippen molar-refractivity contribution in [2.45, 2.75) is 13.1 Å². The molecule has 0 fully saturated rings. The predicted molar refractivity (Wildman–Crippen MR) is 117 cm³/mol. The van der Waals surface area contributed by atoms with Crippen LogP contribution in [0.2, 0.25) is 10.0 Å². The summed E-state index contributed by atoms with van der Waals surface area (Å²) in [5.41, 5.74) is 14.3. The number of nitrogens with zero attached hydrogens (tertiary/aromatic N) is 4. The molecule has 2 aromatic carbocycles. The van der Waals surface area contributed by atoms with Crippen molar-refractivity contribution in [2.24, 2.45) is 5.73 Å². The smallest absolute Gasteiger partial charge is 0.175 e. The van der Waals surface area contributed by atoms with Gasteiger partial charge in [0.05, 0.1) is 22.8 Å². The van der Waals surface area contributed by atoms with Gasteiger partial charge in [-0.25, -0.2) is 9.67 Å². The molecule has 2 aromatic heterocycles. The number of nitrogens with two attached hydrogens (primary N) is 2. The van der Waals surface area contributed by atoms with E-state index in [1.807, 2.05) is 0 Å². The summed E-state index contributed by atoms with van der Waals surface area (Å²) in [7, 11) is 0. The van der Waals surface area contributed by atoms with Gasteiger partial charge in [0, 0.05) is 23.3 Å². The number of fused-ring (bicyclic) bond motifs is 1. The average Bonchev–Trinajstić information content (AvgIpc) is 3.12. The molecule has 4 aromatic rings. The average molecular weight is 442 g/mol. The van der Waals surface area contributed by atoms with Crippen LogP contribution in [0.5, 0.6) is 11.5 Å². The monoisotopic (exact) mass is 441 g/mol. The molecule has 4 rings (SSSR count). The largest absolute Gasteiger partial charge is 0.453 e. The number of hydrogen-bond donors (Lipinski definition) is 3. The Labute approximate surface area is 181 Å². The number of halogens is 2. The third-order valence-corrected chi connectivity index (χ3v) is 4.97. The molecule has 0 aliphatic rings. The fraction of sp³-hybridized carbons (Fsp3) is 0.100. The highest BCUT2D eigenvalue weighted by Gasteiger charge is 2.17. The highest BCUT2D eigenvalue weighted by Crippen LogP contribution is 2.36. The number of ether oxygens (including phenoxy) is 1. The van der Waals surface area contributed by atoms with Gasteiger partial charge in [-0.3, -0.25) is 0 Å². The summed E-state index contributed by atoms with van der Waals surface area (Å²) >= 11 is 12.5. The molecule has 0 aliphatic carbocycles. The second kappa shape index (κ2) is 8.27. The summed E-state index contributed by atoms with van der Waals surface area (Å²) in [5, 5.41) is 17.6. The third kappa shape index (κ3) is 3.93.